The molecule has 0 fully saturated rings. The normalized spacial score (nSPS) is 13.4. The summed E-state index contributed by atoms with van der Waals surface area (Å²) in [6.45, 7) is 4.33. The smallest absolute Gasteiger partial charge is 0.0886 e. The summed E-state index contributed by atoms with van der Waals surface area (Å²) in [6.07, 6.45) is 0. The average molecular weight is 434 g/mol. The van der Waals surface area contributed by atoms with E-state index in [9.17, 15) is 0 Å². The fraction of sp³-hybridized carbons (Fsp3) is 0.0909. The Morgan fingerprint density at radius 1 is 0.500 bits per heavy atom. The average Bonchev–Trinajstić information content (AvgIpc) is 3.15. The van der Waals surface area contributed by atoms with Crippen LogP contribution in [0, 0.1) is 13.8 Å². The van der Waals surface area contributed by atoms with Gasteiger partial charge in [-0.3, -0.25) is 0 Å². The number of hydrogen-bond acceptors (Lipinski definition) is 0. The Bertz CT molecular complexity index is 1450. The summed E-state index contributed by atoms with van der Waals surface area (Å²) < 4.78 is 0. The summed E-state index contributed by atoms with van der Waals surface area (Å²) in [4.78, 5) is 0. The first-order valence-corrected chi connectivity index (χ1v) is 12.0. The Balaban J connectivity index is 1.75. The minimum Gasteiger partial charge on any atom is -0.0886 e. The minimum absolute atomic E-state index is 0.358. The van der Waals surface area contributed by atoms with Crippen molar-refractivity contribution >= 4 is 13.3 Å². The maximum Gasteiger partial charge on any atom is 0.139 e. The van der Waals surface area contributed by atoms with Gasteiger partial charge in [0.2, 0.25) is 0 Å². The molecule has 5 aromatic carbocycles. The Morgan fingerprint density at radius 2 is 1.03 bits per heavy atom. The van der Waals surface area contributed by atoms with Gasteiger partial charge in [0.1, 0.15) is 7.85 Å². The first-order chi connectivity index (χ1) is 16.6. The molecule has 0 bridgehead atoms. The van der Waals surface area contributed by atoms with Gasteiger partial charge >= 0.3 is 0 Å². The fourth-order valence-electron chi connectivity index (χ4n) is 5.64. The van der Waals surface area contributed by atoms with E-state index in [0.717, 1.165) is 0 Å². The number of rotatable bonds is 3. The molecule has 1 aliphatic rings. The molecule has 0 atom stereocenters. The van der Waals surface area contributed by atoms with Crippen molar-refractivity contribution in [3.05, 3.63) is 149 Å². The summed E-state index contributed by atoms with van der Waals surface area (Å²) >= 11 is 0. The second kappa shape index (κ2) is 7.89. The van der Waals surface area contributed by atoms with Crippen LogP contribution in [0.4, 0.5) is 0 Å². The molecule has 0 N–H and O–H groups in total. The molecule has 0 aliphatic heterocycles. The van der Waals surface area contributed by atoms with Crippen LogP contribution in [0.25, 0.3) is 22.3 Å². The monoisotopic (exact) mass is 434 g/mol. The highest BCUT2D eigenvalue weighted by Gasteiger charge is 2.46. The van der Waals surface area contributed by atoms with Crippen LogP contribution in [0.1, 0.15) is 33.4 Å². The van der Waals surface area contributed by atoms with Crippen LogP contribution >= 0.6 is 0 Å². The van der Waals surface area contributed by atoms with Gasteiger partial charge in [0.05, 0.1) is 5.41 Å². The number of benzene rings is 5. The number of hydrogen-bond donors (Lipinski definition) is 0. The van der Waals surface area contributed by atoms with E-state index in [0.29, 0.717) is 0 Å². The summed E-state index contributed by atoms with van der Waals surface area (Å²) in [5.41, 5.74) is 14.0. The van der Waals surface area contributed by atoms with E-state index in [-0.39, 0.29) is 5.41 Å². The van der Waals surface area contributed by atoms with Crippen LogP contribution in [-0.4, -0.2) is 7.85 Å². The number of fused-ring (bicyclic) bond motifs is 3. The van der Waals surface area contributed by atoms with Crippen molar-refractivity contribution in [2.45, 2.75) is 19.3 Å². The van der Waals surface area contributed by atoms with Crippen LogP contribution in [0.15, 0.2) is 115 Å². The standard InChI is InChI=1S/C33H27B/c1-22-8-13-26(14-9-22)33(27-15-10-23(2)11-16-27)31-20-25(24-6-4-3-5-7-24)12-18-29(31)30-19-17-28(34)21-32(30)33/h3-21H,34H2,1-2H3. The zero-order valence-corrected chi connectivity index (χ0v) is 20.0. The second-order valence-electron chi connectivity index (χ2n) is 9.66. The van der Waals surface area contributed by atoms with Crippen molar-refractivity contribution in [2.75, 3.05) is 0 Å². The third-order valence-corrected chi connectivity index (χ3v) is 7.37. The molecule has 1 aliphatic carbocycles. The van der Waals surface area contributed by atoms with Crippen LogP contribution in [0.5, 0.6) is 0 Å². The molecule has 0 saturated heterocycles. The van der Waals surface area contributed by atoms with Crippen molar-refractivity contribution in [1.29, 1.82) is 0 Å². The molecule has 5 aromatic rings. The lowest BCUT2D eigenvalue weighted by molar-refractivity contribution is 0.768. The van der Waals surface area contributed by atoms with Gasteiger partial charge in [-0.2, -0.15) is 0 Å². The van der Waals surface area contributed by atoms with Crippen LogP contribution in [0.3, 0.4) is 0 Å². The molecule has 0 spiro atoms. The van der Waals surface area contributed by atoms with Crippen LogP contribution < -0.4 is 5.46 Å². The van der Waals surface area contributed by atoms with Crippen LogP contribution in [-0.2, 0) is 5.41 Å². The molecule has 0 amide bonds. The predicted molar refractivity (Wildman–Crippen MR) is 147 cm³/mol. The first-order valence-electron chi connectivity index (χ1n) is 12.0. The Hall–Kier alpha value is -3.84. The molecule has 0 radical (unpaired) electrons. The zero-order chi connectivity index (χ0) is 23.3. The molecule has 0 nitrogen and oxygen atoms in total. The minimum atomic E-state index is -0.358. The molecule has 0 aromatic heterocycles. The van der Waals surface area contributed by atoms with Crippen molar-refractivity contribution in [3.63, 3.8) is 0 Å². The van der Waals surface area contributed by atoms with E-state index in [1.54, 1.807) is 0 Å². The van der Waals surface area contributed by atoms with Gasteiger partial charge in [-0.25, -0.2) is 0 Å². The lowest BCUT2D eigenvalue weighted by Gasteiger charge is -2.34. The van der Waals surface area contributed by atoms with Gasteiger partial charge in [0, 0.05) is 0 Å². The summed E-state index contributed by atoms with van der Waals surface area (Å²) in [5.74, 6) is 0. The maximum atomic E-state index is 2.43. The van der Waals surface area contributed by atoms with Gasteiger partial charge in [-0.1, -0.05) is 126 Å². The van der Waals surface area contributed by atoms with Gasteiger partial charge < -0.3 is 0 Å². The van der Waals surface area contributed by atoms with E-state index >= 15 is 0 Å². The van der Waals surface area contributed by atoms with Gasteiger partial charge in [0.25, 0.3) is 0 Å². The van der Waals surface area contributed by atoms with Crippen molar-refractivity contribution < 1.29 is 0 Å². The maximum absolute atomic E-state index is 2.43. The van der Waals surface area contributed by atoms with Gasteiger partial charge in [0.15, 0.2) is 0 Å². The summed E-state index contributed by atoms with van der Waals surface area (Å²) in [5, 5.41) is 0. The topological polar surface area (TPSA) is 0 Å². The molecule has 1 heteroatoms. The SMILES string of the molecule is Bc1ccc2c(c1)C(c1ccc(C)cc1)(c1ccc(C)cc1)c1cc(-c3ccccc3)ccc1-2. The Morgan fingerprint density at radius 3 is 1.62 bits per heavy atom. The first kappa shape index (κ1) is 20.7. The molecular formula is C33H27B. The third kappa shape index (κ3) is 3.08. The van der Waals surface area contributed by atoms with Crippen molar-refractivity contribution in [2.24, 2.45) is 0 Å². The Labute approximate surface area is 203 Å². The summed E-state index contributed by atoms with van der Waals surface area (Å²) in [6, 6.07) is 43.0. The van der Waals surface area contributed by atoms with Gasteiger partial charge in [-0.05, 0) is 64.4 Å². The number of aryl methyl sites for hydroxylation is 2. The van der Waals surface area contributed by atoms with E-state index < -0.39 is 0 Å². The highest BCUT2D eigenvalue weighted by molar-refractivity contribution is 6.32. The fourth-order valence-corrected chi connectivity index (χ4v) is 5.64. The molecule has 0 unspecified atom stereocenters. The molecule has 0 heterocycles. The second-order valence-corrected chi connectivity index (χ2v) is 9.66. The van der Waals surface area contributed by atoms with Gasteiger partial charge in [-0.15, -0.1) is 0 Å². The van der Waals surface area contributed by atoms with E-state index in [2.05, 4.69) is 137 Å². The molecule has 34 heavy (non-hydrogen) atoms. The van der Waals surface area contributed by atoms with Crippen LogP contribution in [0.2, 0.25) is 0 Å². The zero-order valence-electron chi connectivity index (χ0n) is 20.0. The third-order valence-electron chi connectivity index (χ3n) is 7.37. The lowest BCUT2D eigenvalue weighted by atomic mass is 9.66. The summed E-state index contributed by atoms with van der Waals surface area (Å²) in [7, 11) is 2.20. The van der Waals surface area contributed by atoms with E-state index in [1.165, 1.54) is 61.1 Å². The van der Waals surface area contributed by atoms with Crippen molar-refractivity contribution in [1.82, 2.24) is 0 Å². The highest BCUT2D eigenvalue weighted by Crippen LogP contribution is 2.56. The molecule has 6 rings (SSSR count). The molecule has 162 valence electrons. The predicted octanol–water partition coefficient (Wildman–Crippen LogP) is 6.59. The van der Waals surface area contributed by atoms with Crippen molar-refractivity contribution in [3.8, 4) is 22.3 Å². The van der Waals surface area contributed by atoms with E-state index in [1.807, 2.05) is 0 Å². The molecular weight excluding hydrogens is 407 g/mol. The largest absolute Gasteiger partial charge is 0.139 e. The quantitative estimate of drug-likeness (QED) is 0.276. The van der Waals surface area contributed by atoms with E-state index in [4.69, 9.17) is 0 Å². The Kier molecular flexibility index (Phi) is 4.81. The molecule has 0 saturated carbocycles. The highest BCUT2D eigenvalue weighted by atomic mass is 14.5. The lowest BCUT2D eigenvalue weighted by Crippen LogP contribution is -2.29.